The van der Waals surface area contributed by atoms with E-state index in [0.29, 0.717) is 0 Å². The smallest absolute Gasteiger partial charge is 0.141 e. The molecule has 0 aliphatic rings. The minimum absolute atomic E-state index is 0.00394. The summed E-state index contributed by atoms with van der Waals surface area (Å²) in [5.41, 5.74) is 2.15. The third-order valence-electron chi connectivity index (χ3n) is 3.39. The van der Waals surface area contributed by atoms with Crippen molar-refractivity contribution in [3.8, 4) is 0 Å². The molecule has 0 aliphatic carbocycles. The lowest BCUT2D eigenvalue weighted by atomic mass is 9.98. The first-order chi connectivity index (χ1) is 9.70. The van der Waals surface area contributed by atoms with Gasteiger partial charge in [0, 0.05) is 4.70 Å². The van der Waals surface area contributed by atoms with Crippen molar-refractivity contribution in [3.63, 3.8) is 0 Å². The Balaban J connectivity index is 2.11. The average molecular weight is 306 g/mol. The van der Waals surface area contributed by atoms with Crippen LogP contribution in [0.2, 0.25) is 5.02 Å². The Morgan fingerprint density at radius 3 is 2.75 bits per heavy atom. The highest BCUT2D eigenvalue weighted by atomic mass is 35.5. The fourth-order valence-corrected chi connectivity index (χ4v) is 3.59. The molecule has 0 saturated carbocycles. The summed E-state index contributed by atoms with van der Waals surface area (Å²) in [6, 6.07) is 13.2. The van der Waals surface area contributed by atoms with Gasteiger partial charge in [0.05, 0.1) is 11.1 Å². The molecule has 1 heterocycles. The number of rotatable bonds is 3. The second-order valence-electron chi connectivity index (χ2n) is 4.58. The molecule has 3 aromatic rings. The molecule has 0 saturated heterocycles. The molecule has 2 aromatic carbocycles. The van der Waals surface area contributed by atoms with Gasteiger partial charge in [0.15, 0.2) is 0 Å². The molecule has 1 unspecified atom stereocenters. The molecule has 1 N–H and O–H groups in total. The van der Waals surface area contributed by atoms with Crippen molar-refractivity contribution in [2.24, 2.45) is 0 Å². The van der Waals surface area contributed by atoms with E-state index in [1.54, 1.807) is 23.5 Å². The van der Waals surface area contributed by atoms with Gasteiger partial charge in [-0.3, -0.25) is 0 Å². The fourth-order valence-electron chi connectivity index (χ4n) is 2.42. The molecule has 0 amide bonds. The van der Waals surface area contributed by atoms with Crippen molar-refractivity contribution in [3.05, 3.63) is 69.8 Å². The standard InChI is InChI=1S/C16H13ClFNS/c1-19-16(10-6-7-14(18)13(17)8-10)12-9-20-15-5-3-2-4-11(12)15/h2-9,16,19H,1H3. The molecule has 0 fully saturated rings. The molecular weight excluding hydrogens is 293 g/mol. The highest BCUT2D eigenvalue weighted by Gasteiger charge is 2.17. The highest BCUT2D eigenvalue weighted by Crippen LogP contribution is 2.34. The van der Waals surface area contributed by atoms with Crippen LogP contribution < -0.4 is 5.32 Å². The third kappa shape index (κ3) is 2.33. The quantitative estimate of drug-likeness (QED) is 0.718. The number of nitrogens with one attached hydrogen (secondary N) is 1. The molecule has 1 aromatic heterocycles. The van der Waals surface area contributed by atoms with Gasteiger partial charge in [-0.1, -0.05) is 35.9 Å². The number of hydrogen-bond acceptors (Lipinski definition) is 2. The molecule has 0 bridgehead atoms. The molecule has 1 nitrogen and oxygen atoms in total. The van der Waals surface area contributed by atoms with Crippen LogP contribution in [0.3, 0.4) is 0 Å². The molecule has 0 radical (unpaired) electrons. The second kappa shape index (κ2) is 5.52. The van der Waals surface area contributed by atoms with Crippen LogP contribution in [0, 0.1) is 5.82 Å². The van der Waals surface area contributed by atoms with Crippen molar-refractivity contribution in [1.29, 1.82) is 0 Å². The Labute approximate surface area is 126 Å². The van der Waals surface area contributed by atoms with Crippen LogP contribution in [0.4, 0.5) is 4.39 Å². The van der Waals surface area contributed by atoms with Gasteiger partial charge in [-0.25, -0.2) is 4.39 Å². The normalized spacial score (nSPS) is 12.8. The van der Waals surface area contributed by atoms with Crippen LogP contribution in [0.25, 0.3) is 10.1 Å². The molecule has 20 heavy (non-hydrogen) atoms. The first-order valence-electron chi connectivity index (χ1n) is 6.29. The molecule has 102 valence electrons. The largest absolute Gasteiger partial charge is 0.309 e. The van der Waals surface area contributed by atoms with Crippen molar-refractivity contribution >= 4 is 33.0 Å². The van der Waals surface area contributed by atoms with E-state index in [2.05, 4.69) is 22.8 Å². The minimum atomic E-state index is -0.388. The van der Waals surface area contributed by atoms with E-state index in [0.717, 1.165) is 5.56 Å². The Kier molecular flexibility index (Phi) is 3.74. The summed E-state index contributed by atoms with van der Waals surface area (Å²) in [4.78, 5) is 0. The Morgan fingerprint density at radius 2 is 2.00 bits per heavy atom. The first kappa shape index (κ1) is 13.6. The van der Waals surface area contributed by atoms with Crippen LogP contribution in [0.15, 0.2) is 47.8 Å². The minimum Gasteiger partial charge on any atom is -0.309 e. The van der Waals surface area contributed by atoms with Crippen LogP contribution >= 0.6 is 22.9 Å². The summed E-state index contributed by atoms with van der Waals surface area (Å²) < 4.78 is 14.6. The van der Waals surface area contributed by atoms with Crippen molar-refractivity contribution in [2.75, 3.05) is 7.05 Å². The summed E-state index contributed by atoms with van der Waals surface area (Å²) in [6.07, 6.45) is 0. The summed E-state index contributed by atoms with van der Waals surface area (Å²) in [7, 11) is 1.90. The summed E-state index contributed by atoms with van der Waals surface area (Å²) >= 11 is 7.61. The van der Waals surface area contributed by atoms with E-state index in [1.807, 2.05) is 19.2 Å². The molecule has 1 atom stereocenters. The summed E-state index contributed by atoms with van der Waals surface area (Å²) in [5.74, 6) is -0.388. The maximum atomic E-state index is 13.3. The van der Waals surface area contributed by atoms with Crippen LogP contribution in [0.5, 0.6) is 0 Å². The van der Waals surface area contributed by atoms with E-state index in [1.165, 1.54) is 21.7 Å². The second-order valence-corrected chi connectivity index (χ2v) is 5.90. The molecule has 4 heteroatoms. The van der Waals surface area contributed by atoms with E-state index in [9.17, 15) is 4.39 Å². The third-order valence-corrected chi connectivity index (χ3v) is 4.66. The van der Waals surface area contributed by atoms with Gasteiger partial charge in [-0.15, -0.1) is 11.3 Å². The first-order valence-corrected chi connectivity index (χ1v) is 7.55. The van der Waals surface area contributed by atoms with Gasteiger partial charge >= 0.3 is 0 Å². The highest BCUT2D eigenvalue weighted by molar-refractivity contribution is 7.17. The summed E-state index contributed by atoms with van der Waals surface area (Å²) in [6.45, 7) is 0. The Bertz CT molecular complexity index is 753. The predicted molar refractivity (Wildman–Crippen MR) is 84.1 cm³/mol. The zero-order valence-corrected chi connectivity index (χ0v) is 12.4. The summed E-state index contributed by atoms with van der Waals surface area (Å²) in [5, 5.41) is 6.80. The van der Waals surface area contributed by atoms with E-state index in [4.69, 9.17) is 11.6 Å². The monoisotopic (exact) mass is 305 g/mol. The van der Waals surface area contributed by atoms with E-state index in [-0.39, 0.29) is 16.9 Å². The van der Waals surface area contributed by atoms with Crippen molar-refractivity contribution in [1.82, 2.24) is 5.32 Å². The Hall–Kier alpha value is -1.42. The topological polar surface area (TPSA) is 12.0 Å². The number of hydrogen-bond donors (Lipinski definition) is 1. The van der Waals surface area contributed by atoms with Gasteiger partial charge in [0.2, 0.25) is 0 Å². The Morgan fingerprint density at radius 1 is 1.20 bits per heavy atom. The van der Waals surface area contributed by atoms with Gasteiger partial charge in [0.25, 0.3) is 0 Å². The lowest BCUT2D eigenvalue weighted by Gasteiger charge is -2.17. The zero-order valence-electron chi connectivity index (χ0n) is 10.9. The molecule has 0 spiro atoms. The lowest BCUT2D eigenvalue weighted by molar-refractivity contribution is 0.624. The zero-order chi connectivity index (χ0) is 14.1. The predicted octanol–water partition coefficient (Wildman–Crippen LogP) is 5.00. The number of benzene rings is 2. The molecule has 3 rings (SSSR count). The SMILES string of the molecule is CNC(c1ccc(F)c(Cl)c1)c1csc2ccccc12. The van der Waals surface area contributed by atoms with Crippen LogP contribution in [0.1, 0.15) is 17.2 Å². The fraction of sp³-hybridized carbons (Fsp3) is 0.125. The van der Waals surface area contributed by atoms with E-state index >= 15 is 0 Å². The maximum Gasteiger partial charge on any atom is 0.141 e. The lowest BCUT2D eigenvalue weighted by Crippen LogP contribution is -2.17. The van der Waals surface area contributed by atoms with Gasteiger partial charge in [-0.2, -0.15) is 0 Å². The number of fused-ring (bicyclic) bond motifs is 1. The van der Waals surface area contributed by atoms with Crippen LogP contribution in [-0.4, -0.2) is 7.05 Å². The average Bonchev–Trinajstić information content (AvgIpc) is 2.88. The van der Waals surface area contributed by atoms with Gasteiger partial charge < -0.3 is 5.32 Å². The van der Waals surface area contributed by atoms with Crippen LogP contribution in [-0.2, 0) is 0 Å². The molecule has 0 aliphatic heterocycles. The van der Waals surface area contributed by atoms with Gasteiger partial charge in [0.1, 0.15) is 5.82 Å². The number of thiophene rings is 1. The molecular formula is C16H13ClFNS. The van der Waals surface area contributed by atoms with Crippen molar-refractivity contribution in [2.45, 2.75) is 6.04 Å². The maximum absolute atomic E-state index is 13.3. The number of halogens is 2. The van der Waals surface area contributed by atoms with Crippen molar-refractivity contribution < 1.29 is 4.39 Å². The van der Waals surface area contributed by atoms with Gasteiger partial charge in [-0.05, 0) is 47.1 Å². The van der Waals surface area contributed by atoms with E-state index < -0.39 is 0 Å².